The first-order chi connectivity index (χ1) is 16.0. The fourth-order valence-corrected chi connectivity index (χ4v) is 3.56. The molecule has 3 aromatic rings. The van der Waals surface area contributed by atoms with Gasteiger partial charge in [0.15, 0.2) is 0 Å². The van der Waals surface area contributed by atoms with Gasteiger partial charge in [-0.25, -0.2) is 22.6 Å². The largest absolute Gasteiger partial charge is 0.478 e. The summed E-state index contributed by atoms with van der Waals surface area (Å²) in [7, 11) is 1.36. The summed E-state index contributed by atoms with van der Waals surface area (Å²) in [6.07, 6.45) is -2.65. The number of nitrogens with zero attached hydrogens (tertiary/aromatic N) is 2. The number of carbonyl (C=O) groups excluding carboxylic acids is 1. The average Bonchev–Trinajstić information content (AvgIpc) is 3.11. The molecule has 34 heavy (non-hydrogen) atoms. The van der Waals surface area contributed by atoms with Gasteiger partial charge in [-0.2, -0.15) is 5.10 Å². The monoisotopic (exact) mass is 475 g/mol. The number of amides is 1. The molecule has 1 amide bonds. The highest BCUT2D eigenvalue weighted by atomic mass is 19.3. The molecule has 10 heteroatoms. The van der Waals surface area contributed by atoms with Crippen LogP contribution in [0.3, 0.4) is 0 Å². The molecule has 1 atom stereocenters. The van der Waals surface area contributed by atoms with Gasteiger partial charge in [-0.1, -0.05) is 19.1 Å². The Kier molecular flexibility index (Phi) is 7.29. The third-order valence-electron chi connectivity index (χ3n) is 5.40. The van der Waals surface area contributed by atoms with E-state index < -0.39 is 41.4 Å². The molecule has 2 aromatic carbocycles. The van der Waals surface area contributed by atoms with Gasteiger partial charge in [0.25, 0.3) is 12.3 Å². The third-order valence-corrected chi connectivity index (χ3v) is 5.40. The summed E-state index contributed by atoms with van der Waals surface area (Å²) in [6.45, 7) is 5.02. The maximum Gasteiger partial charge on any atom is 0.335 e. The zero-order chi connectivity index (χ0) is 25.2. The predicted octanol–water partition coefficient (Wildman–Crippen LogP) is 5.35. The minimum absolute atomic E-state index is 0.121. The maximum atomic E-state index is 13.8. The van der Waals surface area contributed by atoms with Crippen molar-refractivity contribution in [3.63, 3.8) is 0 Å². The number of aromatic carboxylic acids is 1. The van der Waals surface area contributed by atoms with Crippen LogP contribution in [-0.2, 0) is 13.5 Å². The Hall–Kier alpha value is -3.82. The molecule has 0 fully saturated rings. The highest BCUT2D eigenvalue weighted by molar-refractivity contribution is 5.98. The average molecular weight is 475 g/mol. The second-order valence-corrected chi connectivity index (χ2v) is 7.77. The maximum absolute atomic E-state index is 13.8. The molecule has 180 valence electrons. The fraction of sp³-hybridized carbons (Fsp3) is 0.292. The number of carbonyl (C=O) groups is 2. The van der Waals surface area contributed by atoms with Crippen LogP contribution in [0.4, 0.5) is 13.2 Å². The first-order valence-electron chi connectivity index (χ1n) is 10.5. The number of hydrogen-bond donors (Lipinski definition) is 2. The molecule has 0 aliphatic carbocycles. The van der Waals surface area contributed by atoms with E-state index in [2.05, 4.69) is 10.4 Å². The molecular weight excluding hydrogens is 451 g/mol. The highest BCUT2D eigenvalue weighted by Gasteiger charge is 2.30. The van der Waals surface area contributed by atoms with E-state index in [1.807, 2.05) is 0 Å². The van der Waals surface area contributed by atoms with Crippen molar-refractivity contribution in [1.82, 2.24) is 15.1 Å². The highest BCUT2D eigenvalue weighted by Crippen LogP contribution is 2.33. The molecule has 0 aliphatic rings. The first kappa shape index (κ1) is 24.8. The summed E-state index contributed by atoms with van der Waals surface area (Å²) in [4.78, 5) is 24.3. The molecule has 0 aliphatic heterocycles. The Morgan fingerprint density at radius 2 is 1.91 bits per heavy atom. The van der Waals surface area contributed by atoms with E-state index in [4.69, 9.17) is 4.74 Å². The number of nitrogens with one attached hydrogen (secondary N) is 1. The van der Waals surface area contributed by atoms with E-state index in [1.54, 1.807) is 32.9 Å². The van der Waals surface area contributed by atoms with Crippen molar-refractivity contribution in [2.45, 2.75) is 39.7 Å². The zero-order valence-electron chi connectivity index (χ0n) is 19.0. The molecule has 0 saturated heterocycles. The van der Waals surface area contributed by atoms with Gasteiger partial charge in [0.2, 0.25) is 5.88 Å². The Bertz CT molecular complexity index is 1240. The number of carboxylic acid groups (broad SMARTS) is 1. The van der Waals surface area contributed by atoms with Crippen LogP contribution < -0.4 is 10.1 Å². The summed E-state index contributed by atoms with van der Waals surface area (Å²) in [5.41, 5.74) is 0.382. The Morgan fingerprint density at radius 3 is 2.50 bits per heavy atom. The zero-order valence-corrected chi connectivity index (χ0v) is 19.0. The lowest BCUT2D eigenvalue weighted by Gasteiger charge is -2.17. The molecule has 0 bridgehead atoms. The molecular formula is C24H24F3N3O4. The fourth-order valence-electron chi connectivity index (χ4n) is 3.56. The Morgan fingerprint density at radius 1 is 1.21 bits per heavy atom. The van der Waals surface area contributed by atoms with Crippen molar-refractivity contribution in [1.29, 1.82) is 0 Å². The topological polar surface area (TPSA) is 93.4 Å². The van der Waals surface area contributed by atoms with Crippen LogP contribution in [0.1, 0.15) is 69.4 Å². The van der Waals surface area contributed by atoms with Gasteiger partial charge < -0.3 is 15.2 Å². The van der Waals surface area contributed by atoms with Crippen molar-refractivity contribution in [2.75, 3.05) is 0 Å². The molecule has 3 rings (SSSR count). The number of aryl methyl sites for hydroxylation is 3. The standard InChI is InChI=1S/C24H24F3N3O4/c1-5-14-11-16(7-9-18(14)25)34-23-19(20(21(26)27)29-30(23)4)22(31)28-13(3)15-6-8-17(24(32)33)12(2)10-15/h6-11,13,21H,5H2,1-4H3,(H,28,31)(H,32,33)/t13-/m0/s1. The summed E-state index contributed by atoms with van der Waals surface area (Å²) in [5.74, 6) is -2.39. The quantitative estimate of drug-likeness (QED) is 0.458. The van der Waals surface area contributed by atoms with Gasteiger partial charge in [0.05, 0.1) is 11.6 Å². The van der Waals surface area contributed by atoms with Gasteiger partial charge >= 0.3 is 5.97 Å². The normalized spacial score (nSPS) is 12.0. The second-order valence-electron chi connectivity index (χ2n) is 7.77. The lowest BCUT2D eigenvalue weighted by molar-refractivity contribution is 0.0695. The second kappa shape index (κ2) is 9.98. The molecule has 2 N–H and O–H groups in total. The number of rotatable bonds is 8. The van der Waals surface area contributed by atoms with Gasteiger partial charge in [0, 0.05) is 7.05 Å². The number of alkyl halides is 2. The summed E-state index contributed by atoms with van der Waals surface area (Å²) in [5, 5.41) is 15.6. The number of halogens is 3. The van der Waals surface area contributed by atoms with Crippen LogP contribution in [0, 0.1) is 12.7 Å². The van der Waals surface area contributed by atoms with Gasteiger partial charge in [-0.3, -0.25) is 4.79 Å². The van der Waals surface area contributed by atoms with E-state index in [1.165, 1.54) is 31.3 Å². The summed E-state index contributed by atoms with van der Waals surface area (Å²) >= 11 is 0. The summed E-state index contributed by atoms with van der Waals surface area (Å²) < 4.78 is 48.0. The van der Waals surface area contributed by atoms with Crippen molar-refractivity contribution in [2.24, 2.45) is 7.05 Å². The summed E-state index contributed by atoms with van der Waals surface area (Å²) in [6, 6.07) is 7.89. The van der Waals surface area contributed by atoms with Crippen LogP contribution in [0.15, 0.2) is 36.4 Å². The van der Waals surface area contributed by atoms with E-state index in [0.717, 1.165) is 4.68 Å². The van der Waals surface area contributed by atoms with Crippen molar-refractivity contribution < 1.29 is 32.6 Å². The van der Waals surface area contributed by atoms with E-state index in [-0.39, 0.29) is 17.2 Å². The Balaban J connectivity index is 1.94. The van der Waals surface area contributed by atoms with Crippen LogP contribution >= 0.6 is 0 Å². The number of hydrogen-bond acceptors (Lipinski definition) is 4. The van der Waals surface area contributed by atoms with Crippen LogP contribution in [0.5, 0.6) is 11.6 Å². The third kappa shape index (κ3) is 5.05. The van der Waals surface area contributed by atoms with Crippen molar-refractivity contribution >= 4 is 11.9 Å². The van der Waals surface area contributed by atoms with Crippen molar-refractivity contribution in [3.05, 3.63) is 75.7 Å². The van der Waals surface area contributed by atoms with Gasteiger partial charge in [0.1, 0.15) is 22.8 Å². The smallest absolute Gasteiger partial charge is 0.335 e. The minimum atomic E-state index is -3.05. The van der Waals surface area contributed by atoms with E-state index in [0.29, 0.717) is 23.1 Å². The lowest BCUT2D eigenvalue weighted by Crippen LogP contribution is -2.28. The Labute approximate surface area is 194 Å². The van der Waals surface area contributed by atoms with Gasteiger partial charge in [-0.15, -0.1) is 0 Å². The number of benzene rings is 2. The van der Waals surface area contributed by atoms with Crippen LogP contribution in [0.25, 0.3) is 0 Å². The van der Waals surface area contributed by atoms with Gasteiger partial charge in [-0.05, 0) is 61.2 Å². The van der Waals surface area contributed by atoms with Crippen molar-refractivity contribution in [3.8, 4) is 11.6 Å². The lowest BCUT2D eigenvalue weighted by atomic mass is 10.0. The molecule has 7 nitrogen and oxygen atoms in total. The molecule has 0 spiro atoms. The number of ether oxygens (including phenoxy) is 1. The number of carboxylic acids is 1. The number of aromatic nitrogens is 2. The molecule has 1 heterocycles. The molecule has 0 saturated carbocycles. The van der Waals surface area contributed by atoms with Crippen LogP contribution in [-0.4, -0.2) is 26.8 Å². The molecule has 0 unspecified atom stereocenters. The predicted molar refractivity (Wildman–Crippen MR) is 118 cm³/mol. The molecule has 0 radical (unpaired) electrons. The molecule has 1 aromatic heterocycles. The van der Waals surface area contributed by atoms with Crippen LogP contribution in [0.2, 0.25) is 0 Å². The first-order valence-corrected chi connectivity index (χ1v) is 10.5. The van der Waals surface area contributed by atoms with E-state index >= 15 is 0 Å². The SMILES string of the molecule is CCc1cc(Oc2c(C(=O)N[C@@H](C)c3ccc(C(=O)O)c(C)c3)c(C(F)F)nn2C)ccc1F. The minimum Gasteiger partial charge on any atom is -0.478 e. The van der Waals surface area contributed by atoms with E-state index in [9.17, 15) is 27.9 Å².